The van der Waals surface area contributed by atoms with Gasteiger partial charge < -0.3 is 20.4 Å². The number of aromatic hydroxyl groups is 4. The van der Waals surface area contributed by atoms with Crippen molar-refractivity contribution in [1.82, 2.24) is 0 Å². The van der Waals surface area contributed by atoms with Gasteiger partial charge in [0.2, 0.25) is 0 Å². The molecule has 0 aliphatic rings. The number of phenolic OH excluding ortho intramolecular Hbond substituents is 4. The van der Waals surface area contributed by atoms with Gasteiger partial charge in [0.05, 0.1) is 0 Å². The van der Waals surface area contributed by atoms with E-state index >= 15 is 0 Å². The van der Waals surface area contributed by atoms with Crippen LogP contribution in [0.1, 0.15) is 153 Å². The lowest BCUT2D eigenvalue weighted by molar-refractivity contribution is 0.435. The van der Waals surface area contributed by atoms with Crippen LogP contribution in [0.25, 0.3) is 0 Å². The fourth-order valence-corrected chi connectivity index (χ4v) is 7.53. The molecule has 284 valence electrons. The van der Waals surface area contributed by atoms with Crippen LogP contribution in [0.3, 0.4) is 0 Å². The van der Waals surface area contributed by atoms with Crippen molar-refractivity contribution in [3.8, 4) is 23.0 Å². The minimum atomic E-state index is -0.131. The highest BCUT2D eigenvalue weighted by molar-refractivity contribution is 7.99. The molecule has 0 aliphatic heterocycles. The Bertz CT molecular complexity index is 1750. The summed E-state index contributed by atoms with van der Waals surface area (Å²) in [6.07, 6.45) is 2.38. The van der Waals surface area contributed by atoms with Crippen LogP contribution in [0.2, 0.25) is 0 Å². The van der Waals surface area contributed by atoms with Crippen LogP contribution < -0.4 is 0 Å². The van der Waals surface area contributed by atoms with Gasteiger partial charge in [-0.15, -0.1) is 0 Å². The molecule has 0 aliphatic carbocycles. The quantitative estimate of drug-likeness (QED) is 0.159. The molecule has 4 rings (SSSR count). The Morgan fingerprint density at radius 3 is 0.981 bits per heavy atom. The van der Waals surface area contributed by atoms with E-state index in [4.69, 9.17) is 0 Å². The molecular weight excluding hydrogens is 661 g/mol. The molecule has 0 bridgehead atoms. The average molecular weight is 727 g/mol. The third kappa shape index (κ3) is 10.3. The van der Waals surface area contributed by atoms with Crippen molar-refractivity contribution in [2.24, 2.45) is 0 Å². The van der Waals surface area contributed by atoms with Crippen LogP contribution in [0.5, 0.6) is 23.0 Å². The molecule has 0 spiro atoms. The fourth-order valence-electron chi connectivity index (χ4n) is 6.44. The van der Waals surface area contributed by atoms with Crippen molar-refractivity contribution in [2.45, 2.75) is 161 Å². The summed E-state index contributed by atoms with van der Waals surface area (Å²) in [6.45, 7) is 33.5. The number of hydrogen-bond donors (Lipinski definition) is 4. The maximum absolute atomic E-state index is 11.0. The first-order valence-corrected chi connectivity index (χ1v) is 19.6. The Kier molecular flexibility index (Phi) is 13.0. The molecule has 0 heterocycles. The molecule has 0 saturated carbocycles. The van der Waals surface area contributed by atoms with Crippen molar-refractivity contribution in [3.05, 3.63) is 104 Å². The SMILES string of the molecule is CCc1cc(Cc2cc(CC)cc(C(C)(C)C)c2O)c(O)c(C(C)(C)C)c1.Cc1cc(Sc2cc(C)c(O)c(C(C)(C)C)c2)cc(C(C)(C)C)c1O. The van der Waals surface area contributed by atoms with E-state index in [0.717, 1.165) is 67.1 Å². The van der Waals surface area contributed by atoms with Crippen LogP contribution in [0.4, 0.5) is 0 Å². The van der Waals surface area contributed by atoms with Crippen LogP contribution in [-0.2, 0) is 40.9 Å². The number of benzene rings is 4. The summed E-state index contributed by atoms with van der Waals surface area (Å²) >= 11 is 1.67. The van der Waals surface area contributed by atoms with Gasteiger partial charge in [-0.1, -0.05) is 133 Å². The van der Waals surface area contributed by atoms with Crippen LogP contribution >= 0.6 is 11.8 Å². The van der Waals surface area contributed by atoms with Crippen molar-refractivity contribution in [2.75, 3.05) is 0 Å². The first-order valence-electron chi connectivity index (χ1n) is 18.7. The number of rotatable bonds is 6. The second-order valence-corrected chi connectivity index (χ2v) is 19.7. The summed E-state index contributed by atoms with van der Waals surface area (Å²) < 4.78 is 0. The van der Waals surface area contributed by atoms with Gasteiger partial charge >= 0.3 is 0 Å². The first-order chi connectivity index (χ1) is 23.7. The second-order valence-electron chi connectivity index (χ2n) is 18.6. The smallest absolute Gasteiger partial charge is 0.122 e. The van der Waals surface area contributed by atoms with Crippen molar-refractivity contribution < 1.29 is 20.4 Å². The summed E-state index contributed by atoms with van der Waals surface area (Å²) in [4.78, 5) is 2.20. The standard InChI is InChI=1S/C25H36O2.C22H30O2S/c1-9-16-11-18(22(26)20(13-16)24(3,4)5)15-19-12-17(10-2)14-21(23(19)27)25(6,7)8;1-13-9-15(11-17(19(13)23)21(3,4)5)25-16-10-14(2)20(24)18(12-16)22(6,7)8/h11-14,26-27H,9-10,15H2,1-8H3;9-12,23-24H,1-8H3. The van der Waals surface area contributed by atoms with Crippen molar-refractivity contribution in [1.29, 1.82) is 0 Å². The Labute approximate surface area is 319 Å². The minimum absolute atomic E-state index is 0.118. The number of phenols is 4. The molecule has 0 aromatic heterocycles. The largest absolute Gasteiger partial charge is 0.507 e. The van der Waals surface area contributed by atoms with Crippen LogP contribution in [0, 0.1) is 13.8 Å². The zero-order chi connectivity index (χ0) is 39.7. The van der Waals surface area contributed by atoms with Gasteiger partial charge in [0.1, 0.15) is 23.0 Å². The lowest BCUT2D eigenvalue weighted by Crippen LogP contribution is -2.14. The molecule has 0 fully saturated rings. The monoisotopic (exact) mass is 726 g/mol. The maximum atomic E-state index is 11.0. The predicted octanol–water partition coefficient (Wildman–Crippen LogP) is 12.9. The molecule has 0 amide bonds. The highest BCUT2D eigenvalue weighted by Crippen LogP contribution is 2.43. The van der Waals surface area contributed by atoms with Gasteiger partial charge in [0.25, 0.3) is 0 Å². The second kappa shape index (κ2) is 15.8. The van der Waals surface area contributed by atoms with E-state index in [2.05, 4.69) is 133 Å². The zero-order valence-corrected chi connectivity index (χ0v) is 35.8. The van der Waals surface area contributed by atoms with Gasteiger partial charge in [-0.05, 0) is 117 Å². The highest BCUT2D eigenvalue weighted by atomic mass is 32.2. The lowest BCUT2D eigenvalue weighted by atomic mass is 9.81. The number of aryl methyl sites for hydroxylation is 4. The fraction of sp³-hybridized carbons (Fsp3) is 0.489. The summed E-state index contributed by atoms with van der Waals surface area (Å²) in [7, 11) is 0. The summed E-state index contributed by atoms with van der Waals surface area (Å²) in [5, 5.41) is 42.8. The molecule has 52 heavy (non-hydrogen) atoms. The molecule has 0 radical (unpaired) electrons. The third-order valence-corrected chi connectivity index (χ3v) is 10.7. The molecular formula is C47H66O4S. The van der Waals surface area contributed by atoms with E-state index in [1.165, 1.54) is 11.1 Å². The molecule has 0 saturated heterocycles. The van der Waals surface area contributed by atoms with Gasteiger partial charge in [-0.25, -0.2) is 0 Å². The predicted molar refractivity (Wildman–Crippen MR) is 222 cm³/mol. The van der Waals surface area contributed by atoms with E-state index < -0.39 is 0 Å². The van der Waals surface area contributed by atoms with Crippen LogP contribution in [-0.4, -0.2) is 20.4 Å². The Hall–Kier alpha value is -3.57. The van der Waals surface area contributed by atoms with Gasteiger partial charge in [-0.3, -0.25) is 0 Å². The molecule has 5 heteroatoms. The zero-order valence-electron chi connectivity index (χ0n) is 34.9. The molecule has 4 aromatic carbocycles. The minimum Gasteiger partial charge on any atom is -0.507 e. The topological polar surface area (TPSA) is 80.9 Å². The average Bonchev–Trinajstić information content (AvgIpc) is 3.00. The van der Waals surface area contributed by atoms with E-state index in [0.29, 0.717) is 29.4 Å². The Morgan fingerprint density at radius 2 is 0.712 bits per heavy atom. The van der Waals surface area contributed by atoms with Gasteiger partial charge in [0.15, 0.2) is 0 Å². The van der Waals surface area contributed by atoms with Gasteiger partial charge in [0, 0.05) is 27.3 Å². The van der Waals surface area contributed by atoms with Gasteiger partial charge in [-0.2, -0.15) is 0 Å². The van der Waals surface area contributed by atoms with Crippen LogP contribution in [0.15, 0.2) is 58.3 Å². The maximum Gasteiger partial charge on any atom is 0.122 e. The summed E-state index contributed by atoms with van der Waals surface area (Å²) in [5.41, 5.74) is 9.36. The molecule has 0 unspecified atom stereocenters. The Balaban J connectivity index is 0.000000281. The summed E-state index contributed by atoms with van der Waals surface area (Å²) in [5.74, 6) is 1.49. The first kappa shape index (κ1) is 42.8. The van der Waals surface area contributed by atoms with E-state index in [-0.39, 0.29) is 21.7 Å². The Morgan fingerprint density at radius 1 is 0.423 bits per heavy atom. The van der Waals surface area contributed by atoms with Crippen molar-refractivity contribution in [3.63, 3.8) is 0 Å². The van der Waals surface area contributed by atoms with E-state index in [1.807, 2.05) is 26.0 Å². The molecule has 0 atom stereocenters. The molecule has 4 aromatic rings. The normalized spacial score (nSPS) is 12.5. The number of hydrogen-bond acceptors (Lipinski definition) is 5. The van der Waals surface area contributed by atoms with E-state index in [1.54, 1.807) is 11.8 Å². The summed E-state index contributed by atoms with van der Waals surface area (Å²) in [6, 6.07) is 16.6. The molecule has 4 nitrogen and oxygen atoms in total. The highest BCUT2D eigenvalue weighted by Gasteiger charge is 2.26. The molecule has 4 N–H and O–H groups in total. The van der Waals surface area contributed by atoms with E-state index in [9.17, 15) is 20.4 Å². The van der Waals surface area contributed by atoms with Crippen molar-refractivity contribution >= 4 is 11.8 Å². The third-order valence-electron chi connectivity index (χ3n) is 9.71. The lowest BCUT2D eigenvalue weighted by Gasteiger charge is -2.25.